The fourth-order valence-corrected chi connectivity index (χ4v) is 16.0. The van der Waals surface area contributed by atoms with Gasteiger partial charge in [0.1, 0.15) is 23.9 Å². The van der Waals surface area contributed by atoms with Gasteiger partial charge in [0, 0.05) is 131 Å². The Hall–Kier alpha value is -9.63. The van der Waals surface area contributed by atoms with Crippen LogP contribution in [0.1, 0.15) is 303 Å². The Kier molecular flexibility index (Phi) is 62.1. The van der Waals surface area contributed by atoms with Crippen LogP contribution in [0, 0.1) is 53.3 Å². The van der Waals surface area contributed by atoms with E-state index in [-0.39, 0.29) is 127 Å². The number of nitrogens with one attached hydrogen (secondary N) is 9. The predicted molar refractivity (Wildman–Crippen MR) is 499 cm³/mol. The lowest BCUT2D eigenvalue weighted by molar-refractivity contribution is -0.136. The van der Waals surface area contributed by atoms with Crippen molar-refractivity contribution in [2.45, 2.75) is 341 Å². The number of unbranched alkanes of at least 4 members (excludes halogenated alkanes) is 16. The molecule has 0 fully saturated rings. The molecule has 38 heteroatoms. The fraction of sp³-hybridized carbons (Fsp3) is 0.753. The van der Waals surface area contributed by atoms with Crippen LogP contribution in [0.25, 0.3) is 0 Å². The number of amides is 9. The lowest BCUT2D eigenvalue weighted by Crippen LogP contribution is -2.50. The third-order valence-electron chi connectivity index (χ3n) is 23.6. The van der Waals surface area contributed by atoms with E-state index in [4.69, 9.17) is 45.9 Å². The van der Waals surface area contributed by atoms with Crippen LogP contribution in [-0.2, 0) is 89.6 Å². The van der Waals surface area contributed by atoms with Crippen LogP contribution in [0.15, 0.2) is 30.0 Å². The zero-order valence-electron chi connectivity index (χ0n) is 79.0. The molecule has 0 spiro atoms. The van der Waals surface area contributed by atoms with Gasteiger partial charge in [-0.05, 0) is 141 Å². The monoisotopic (exact) mass is 1850 g/mol. The first-order chi connectivity index (χ1) is 62.5. The molecule has 0 bridgehead atoms. The summed E-state index contributed by atoms with van der Waals surface area (Å²) in [5, 5.41) is 39.9. The molecular weight excluding hydrogens is 1690 g/mol. The number of nitrogens with two attached hydrogens (primary N) is 8. The Morgan fingerprint density at radius 3 is 1.13 bits per heavy atom. The summed E-state index contributed by atoms with van der Waals surface area (Å²) >= 11 is 0. The number of carbonyl (C=O) groups is 16. The zero-order chi connectivity index (χ0) is 97.6. The highest BCUT2D eigenvalue weighted by atomic mass is 16.3. The first kappa shape index (κ1) is 117. The molecule has 0 aliphatic rings. The van der Waals surface area contributed by atoms with Crippen molar-refractivity contribution in [1.82, 2.24) is 57.2 Å². The summed E-state index contributed by atoms with van der Waals surface area (Å²) < 4.78 is 0. The lowest BCUT2D eigenvalue weighted by Gasteiger charge is -2.26. The predicted octanol–water partition coefficient (Wildman–Crippen LogP) is 3.87. The Labute approximate surface area is 774 Å². The van der Waals surface area contributed by atoms with Crippen molar-refractivity contribution >= 4 is 99.6 Å². The Balaban J connectivity index is 2.41. The van der Waals surface area contributed by atoms with Gasteiger partial charge < -0.3 is 103 Å². The minimum absolute atomic E-state index is 0.00246. The third kappa shape index (κ3) is 51.8. The first-order valence-corrected chi connectivity index (χ1v) is 47.9. The summed E-state index contributed by atoms with van der Waals surface area (Å²) in [6, 6.07) is -8.09. The number of guanidine groups is 1. The van der Waals surface area contributed by atoms with Gasteiger partial charge in [0.25, 0.3) is 0 Å². The second-order valence-electron chi connectivity index (χ2n) is 36.1. The van der Waals surface area contributed by atoms with E-state index in [0.29, 0.717) is 88.6 Å². The average molecular weight is 1850 g/mol. The Morgan fingerprint density at radius 1 is 0.366 bits per heavy atom. The van der Waals surface area contributed by atoms with E-state index < -0.39 is 224 Å². The number of hydrogen-bond donors (Lipinski definition) is 19. The highest BCUT2D eigenvalue weighted by Gasteiger charge is 2.38. The number of imidazole rings is 2. The molecule has 2 rings (SSSR count). The number of nitrogens with zero attached hydrogens (tertiary/aromatic N) is 3. The number of aromatic nitrogens is 4. The van der Waals surface area contributed by atoms with Gasteiger partial charge in [-0.1, -0.05) is 131 Å². The topological polar surface area (TPSA) is 676 Å². The van der Waals surface area contributed by atoms with Gasteiger partial charge in [-0.25, -0.2) is 9.97 Å². The standard InChI is InChI=1S/C93H162N20O18/c1-7-8-9-10-11-12-13-14-15-16-17-18-19-32-72(116)46-66(42-60(2)3)89(128)112-78(57-115)83(122)52-69(45-71-54-103-59-107-71)92(131)113-77(56-114)82(121)48-63(29-20-24-37-94)86(125)105-55-73(117)47-68(44-70-53-102-58-106-70)91(130)110-75(35-36-84(98)123)81(120)50-65(31-22-26-39-96)88(127)109-74(34-28-41-104-93(100)101)80(119)49-64(30-21-25-38-95)87(126)108-62(6)79(118)51-67(43-61(4)5)90(129)111-76(85(99)124)33-23-27-40-97/h53-54,58-69,74-78,114-115H,7-52,55-57,94-97H2,1-6H3,(H2,98,123)(H2,99,124)(H,102,106)(H,103,107)(H,105,125)(H,108,126)(H,109,127)(H,110,130)(H,111,129)(H,112,128)(H,113,131)(H4,100,101,104)/t62-,63+,64+,65+,66+,67+,68+,69+,74-,75-,76-,77-,78-/m0/s1. The molecule has 9 amide bonds. The van der Waals surface area contributed by atoms with Crippen LogP contribution in [-0.4, -0.2) is 218 Å². The maximum atomic E-state index is 14.8. The number of primary amides is 2. The molecule has 13 atom stereocenters. The van der Waals surface area contributed by atoms with E-state index >= 15 is 0 Å². The number of aliphatic hydroxyl groups excluding tert-OH is 2. The number of aliphatic imine (C=N–C) groups is 1. The number of aliphatic hydroxyl groups is 2. The highest BCUT2D eigenvalue weighted by molar-refractivity contribution is 6.00. The van der Waals surface area contributed by atoms with Gasteiger partial charge in [0.05, 0.1) is 62.4 Å². The Bertz CT molecular complexity index is 3770. The van der Waals surface area contributed by atoms with Crippen LogP contribution in [0.2, 0.25) is 0 Å². The van der Waals surface area contributed by atoms with Crippen LogP contribution in [0.3, 0.4) is 0 Å². The van der Waals surface area contributed by atoms with Crippen molar-refractivity contribution in [1.29, 1.82) is 0 Å². The number of ketones is 7. The zero-order valence-corrected chi connectivity index (χ0v) is 79.0. The van der Waals surface area contributed by atoms with Gasteiger partial charge in [-0.3, -0.25) is 81.7 Å². The number of rotatable bonds is 82. The number of carbonyl (C=O) groups excluding carboxylic acids is 16. The van der Waals surface area contributed by atoms with Gasteiger partial charge >= 0.3 is 0 Å². The first-order valence-electron chi connectivity index (χ1n) is 47.9. The van der Waals surface area contributed by atoms with Crippen LogP contribution < -0.4 is 83.1 Å². The van der Waals surface area contributed by atoms with E-state index in [1.54, 1.807) is 0 Å². The molecule has 742 valence electrons. The van der Waals surface area contributed by atoms with Crippen molar-refractivity contribution in [2.24, 2.45) is 104 Å². The van der Waals surface area contributed by atoms with Crippen molar-refractivity contribution in [3.05, 3.63) is 36.4 Å². The molecule has 0 saturated carbocycles. The number of Topliss-reactive ketones (excluding diaryl/α,β-unsaturated/α-hetero) is 7. The van der Waals surface area contributed by atoms with E-state index in [0.717, 1.165) is 25.7 Å². The van der Waals surface area contributed by atoms with E-state index in [1.807, 2.05) is 27.7 Å². The van der Waals surface area contributed by atoms with Crippen molar-refractivity contribution in [2.75, 3.05) is 52.5 Å². The van der Waals surface area contributed by atoms with Gasteiger partial charge in [0.15, 0.2) is 40.7 Å². The molecule has 0 aromatic carbocycles. The van der Waals surface area contributed by atoms with E-state index in [9.17, 15) is 86.9 Å². The summed E-state index contributed by atoms with van der Waals surface area (Å²) in [5.41, 5.74) is 46.5. The second-order valence-corrected chi connectivity index (χ2v) is 36.1. The molecule has 2 heterocycles. The average Bonchev–Trinajstić information content (AvgIpc) is 1.58. The third-order valence-corrected chi connectivity index (χ3v) is 23.6. The molecule has 27 N–H and O–H groups in total. The highest BCUT2D eigenvalue weighted by Crippen LogP contribution is 2.27. The normalized spacial score (nSPS) is 14.4. The number of aromatic amines is 2. The molecule has 0 saturated heterocycles. The molecule has 0 unspecified atom stereocenters. The second kappa shape index (κ2) is 69.3. The molecule has 0 radical (unpaired) electrons. The van der Waals surface area contributed by atoms with Gasteiger partial charge in [0.2, 0.25) is 53.2 Å². The van der Waals surface area contributed by atoms with Crippen molar-refractivity contribution in [3.63, 3.8) is 0 Å². The SMILES string of the molecule is CCCCCCCCCCCCCCCC(=O)C[C@@H](CC(C)C)C(=O)N[C@@H](CO)C(=O)C[C@@H](Cc1cnc[nH]1)C(=O)N[C@@H](CO)C(=O)C[C@@H](CCCCN)C(=O)NCC(=O)C[C@@H](Cc1cnc[nH]1)C(=O)N[C@@H](CCC(N)=O)C(=O)C[C@@H](CCCCN)C(=O)N[C@@H](CCCN=C(N)N)C(=O)C[C@@H](CCCCN)C(=O)N[C@@H](C)C(=O)C[C@@H](CC(C)C)C(=O)N[C@@H](CCCCN)C(N)=O. The summed E-state index contributed by atoms with van der Waals surface area (Å²) in [4.78, 5) is 242. The smallest absolute Gasteiger partial charge is 0.239 e. The minimum atomic E-state index is -1.63. The fourth-order valence-electron chi connectivity index (χ4n) is 16.0. The summed E-state index contributed by atoms with van der Waals surface area (Å²) in [6.45, 7) is 9.77. The molecule has 2 aromatic heterocycles. The lowest BCUT2D eigenvalue weighted by atomic mass is 9.88. The molecule has 0 aliphatic carbocycles. The minimum Gasteiger partial charge on any atom is -0.394 e. The molecule has 131 heavy (non-hydrogen) atoms. The Morgan fingerprint density at radius 2 is 0.718 bits per heavy atom. The summed E-state index contributed by atoms with van der Waals surface area (Å²) in [5.74, 6) is -18.9. The largest absolute Gasteiger partial charge is 0.394 e. The van der Waals surface area contributed by atoms with Crippen LogP contribution >= 0.6 is 0 Å². The van der Waals surface area contributed by atoms with E-state index in [2.05, 4.69) is 69.1 Å². The van der Waals surface area contributed by atoms with Gasteiger partial charge in [-0.2, -0.15) is 0 Å². The molecule has 0 aliphatic heterocycles. The number of H-pyrrole nitrogens is 2. The van der Waals surface area contributed by atoms with Crippen molar-refractivity contribution in [3.8, 4) is 0 Å². The maximum Gasteiger partial charge on any atom is 0.239 e. The van der Waals surface area contributed by atoms with Gasteiger partial charge in [-0.15, -0.1) is 0 Å². The molecule has 2 aromatic rings. The molecular formula is C93H162N20O18. The van der Waals surface area contributed by atoms with E-state index in [1.165, 1.54) is 83.3 Å². The van der Waals surface area contributed by atoms with Crippen molar-refractivity contribution < 1.29 is 86.9 Å². The number of hydrogen-bond acceptors (Lipinski definition) is 25. The summed E-state index contributed by atoms with van der Waals surface area (Å²) in [7, 11) is 0. The quantitative estimate of drug-likeness (QED) is 0.0254. The van der Waals surface area contributed by atoms with Crippen LogP contribution in [0.4, 0.5) is 0 Å². The molecule has 38 nitrogen and oxygen atoms in total. The summed E-state index contributed by atoms with van der Waals surface area (Å²) in [6.07, 6.45) is 21.0. The van der Waals surface area contributed by atoms with Crippen LogP contribution in [0.5, 0.6) is 0 Å². The maximum absolute atomic E-state index is 14.8.